The number of rotatable bonds is 4. The third kappa shape index (κ3) is 3.59. The van der Waals surface area contributed by atoms with Gasteiger partial charge in [0.2, 0.25) is 0 Å². The summed E-state index contributed by atoms with van der Waals surface area (Å²) in [7, 11) is -2.82. The molecule has 13 heavy (non-hydrogen) atoms. The third-order valence-corrected chi connectivity index (χ3v) is 3.69. The summed E-state index contributed by atoms with van der Waals surface area (Å²) >= 11 is 0. The van der Waals surface area contributed by atoms with Crippen LogP contribution in [0.25, 0.3) is 0 Å². The van der Waals surface area contributed by atoms with Crippen molar-refractivity contribution in [1.29, 1.82) is 0 Å². The van der Waals surface area contributed by atoms with Crippen molar-refractivity contribution in [2.75, 3.05) is 11.5 Å². The van der Waals surface area contributed by atoms with Gasteiger partial charge in [-0.2, -0.15) is 0 Å². The monoisotopic (exact) mass is 198 g/mol. The van der Waals surface area contributed by atoms with E-state index in [4.69, 9.17) is 0 Å². The Balaban J connectivity index is 2.54. The highest BCUT2D eigenvalue weighted by molar-refractivity contribution is 7.91. The van der Waals surface area contributed by atoms with Gasteiger partial charge in [-0.15, -0.1) is 0 Å². The van der Waals surface area contributed by atoms with E-state index < -0.39 is 9.84 Å². The van der Waals surface area contributed by atoms with Gasteiger partial charge in [-0.3, -0.25) is 0 Å². The lowest BCUT2D eigenvalue weighted by Crippen LogP contribution is -2.10. The molecule has 0 aromatic heterocycles. The molecule has 0 fully saturated rings. The van der Waals surface area contributed by atoms with E-state index in [0.717, 1.165) is 5.56 Å². The van der Waals surface area contributed by atoms with Crippen molar-refractivity contribution >= 4 is 9.84 Å². The van der Waals surface area contributed by atoms with Gasteiger partial charge in [-0.25, -0.2) is 8.42 Å². The maximum Gasteiger partial charge on any atom is 0.150 e. The minimum Gasteiger partial charge on any atom is -0.229 e. The van der Waals surface area contributed by atoms with Gasteiger partial charge in [-0.1, -0.05) is 37.3 Å². The fourth-order valence-corrected chi connectivity index (χ4v) is 1.90. The van der Waals surface area contributed by atoms with Crippen LogP contribution in [0.2, 0.25) is 0 Å². The molecule has 0 heterocycles. The minimum absolute atomic E-state index is 0.236. The van der Waals surface area contributed by atoms with Crippen molar-refractivity contribution in [2.24, 2.45) is 0 Å². The summed E-state index contributed by atoms with van der Waals surface area (Å²) < 4.78 is 22.3. The molecule has 0 saturated heterocycles. The molecule has 3 heteroatoms. The summed E-state index contributed by atoms with van der Waals surface area (Å²) in [5.41, 5.74) is 1.08. The third-order valence-electron chi connectivity index (χ3n) is 1.98. The first-order valence-electron chi connectivity index (χ1n) is 4.38. The number of aryl methyl sites for hydroxylation is 1. The van der Waals surface area contributed by atoms with E-state index >= 15 is 0 Å². The molecule has 0 aliphatic rings. The molecule has 0 aliphatic carbocycles. The highest BCUT2D eigenvalue weighted by atomic mass is 32.2. The van der Waals surface area contributed by atoms with Crippen LogP contribution in [0.15, 0.2) is 30.3 Å². The molecular weight excluding hydrogens is 184 g/mol. The smallest absolute Gasteiger partial charge is 0.150 e. The second-order valence-corrected chi connectivity index (χ2v) is 5.44. The second kappa shape index (κ2) is 4.42. The standard InChI is InChI=1S/C10H14O2S/c1-2-13(11,12)9-8-10-6-4-3-5-7-10/h3-7H,2,8-9H2,1H3. The average molecular weight is 198 g/mol. The van der Waals surface area contributed by atoms with E-state index in [2.05, 4.69) is 0 Å². The van der Waals surface area contributed by atoms with Crippen LogP contribution in [-0.2, 0) is 16.3 Å². The molecule has 1 aromatic rings. The summed E-state index contributed by atoms with van der Waals surface area (Å²) in [5.74, 6) is 0.493. The van der Waals surface area contributed by atoms with Gasteiger partial charge in [0.05, 0.1) is 5.75 Å². The van der Waals surface area contributed by atoms with E-state index in [1.165, 1.54) is 0 Å². The van der Waals surface area contributed by atoms with E-state index in [1.807, 2.05) is 30.3 Å². The number of hydrogen-bond acceptors (Lipinski definition) is 2. The van der Waals surface area contributed by atoms with Gasteiger partial charge in [0.15, 0.2) is 0 Å². The molecule has 0 amide bonds. The summed E-state index contributed by atoms with van der Waals surface area (Å²) in [5, 5.41) is 0. The SMILES string of the molecule is CCS(=O)(=O)CCc1ccccc1. The molecule has 0 bridgehead atoms. The van der Waals surface area contributed by atoms with Gasteiger partial charge < -0.3 is 0 Å². The van der Waals surface area contributed by atoms with E-state index in [-0.39, 0.29) is 11.5 Å². The summed E-state index contributed by atoms with van der Waals surface area (Å²) in [6, 6.07) is 9.68. The van der Waals surface area contributed by atoms with E-state index in [1.54, 1.807) is 6.92 Å². The lowest BCUT2D eigenvalue weighted by atomic mass is 10.2. The van der Waals surface area contributed by atoms with Gasteiger partial charge in [-0.05, 0) is 12.0 Å². The van der Waals surface area contributed by atoms with Crippen molar-refractivity contribution in [1.82, 2.24) is 0 Å². The summed E-state index contributed by atoms with van der Waals surface area (Å²) in [6.07, 6.45) is 0.622. The summed E-state index contributed by atoms with van der Waals surface area (Å²) in [4.78, 5) is 0. The predicted molar refractivity (Wildman–Crippen MR) is 54.5 cm³/mol. The molecule has 1 rings (SSSR count). The summed E-state index contributed by atoms with van der Waals surface area (Å²) in [6.45, 7) is 1.68. The largest absolute Gasteiger partial charge is 0.229 e. The fourth-order valence-electron chi connectivity index (χ4n) is 1.06. The van der Waals surface area contributed by atoms with Gasteiger partial charge in [0.1, 0.15) is 9.84 Å². The molecule has 0 unspecified atom stereocenters. The van der Waals surface area contributed by atoms with Crippen LogP contribution in [0.3, 0.4) is 0 Å². The normalized spacial score (nSPS) is 11.5. The lowest BCUT2D eigenvalue weighted by molar-refractivity contribution is 0.596. The van der Waals surface area contributed by atoms with Crippen LogP contribution < -0.4 is 0 Å². The van der Waals surface area contributed by atoms with Crippen LogP contribution in [0, 0.1) is 0 Å². The Kier molecular flexibility index (Phi) is 3.48. The topological polar surface area (TPSA) is 34.1 Å². The first-order valence-corrected chi connectivity index (χ1v) is 6.20. The Hall–Kier alpha value is -0.830. The molecular formula is C10H14O2S. The number of hydrogen-bond donors (Lipinski definition) is 0. The highest BCUT2D eigenvalue weighted by Gasteiger charge is 2.06. The van der Waals surface area contributed by atoms with Crippen LogP contribution >= 0.6 is 0 Å². The van der Waals surface area contributed by atoms with E-state index in [9.17, 15) is 8.42 Å². The predicted octanol–water partition coefficient (Wildman–Crippen LogP) is 1.66. The zero-order valence-corrected chi connectivity index (χ0v) is 8.55. The molecule has 0 aliphatic heterocycles. The Bertz CT molecular complexity index is 340. The Morgan fingerprint density at radius 2 is 1.77 bits per heavy atom. The van der Waals surface area contributed by atoms with Gasteiger partial charge >= 0.3 is 0 Å². The van der Waals surface area contributed by atoms with Crippen LogP contribution in [0.4, 0.5) is 0 Å². The maximum atomic E-state index is 11.2. The first kappa shape index (κ1) is 10.3. The van der Waals surface area contributed by atoms with Crippen LogP contribution in [-0.4, -0.2) is 19.9 Å². The Morgan fingerprint density at radius 3 is 2.31 bits per heavy atom. The zero-order chi connectivity index (χ0) is 9.73. The number of sulfone groups is 1. The average Bonchev–Trinajstić information content (AvgIpc) is 2.17. The quantitative estimate of drug-likeness (QED) is 0.737. The molecule has 0 atom stereocenters. The molecule has 1 aromatic carbocycles. The molecule has 72 valence electrons. The molecule has 0 saturated carbocycles. The Morgan fingerprint density at radius 1 is 1.15 bits per heavy atom. The number of benzene rings is 1. The molecule has 2 nitrogen and oxygen atoms in total. The molecule has 0 spiro atoms. The van der Waals surface area contributed by atoms with E-state index in [0.29, 0.717) is 6.42 Å². The van der Waals surface area contributed by atoms with Crippen LogP contribution in [0.1, 0.15) is 12.5 Å². The molecule has 0 N–H and O–H groups in total. The second-order valence-electron chi connectivity index (χ2n) is 2.97. The van der Waals surface area contributed by atoms with Crippen LogP contribution in [0.5, 0.6) is 0 Å². The van der Waals surface area contributed by atoms with Crippen molar-refractivity contribution in [2.45, 2.75) is 13.3 Å². The fraction of sp³-hybridized carbons (Fsp3) is 0.400. The van der Waals surface area contributed by atoms with Crippen molar-refractivity contribution in [3.05, 3.63) is 35.9 Å². The Labute approximate surface area is 79.5 Å². The van der Waals surface area contributed by atoms with Crippen molar-refractivity contribution in [3.63, 3.8) is 0 Å². The highest BCUT2D eigenvalue weighted by Crippen LogP contribution is 2.02. The lowest BCUT2D eigenvalue weighted by Gasteiger charge is -2.00. The minimum atomic E-state index is -2.82. The maximum absolute atomic E-state index is 11.2. The van der Waals surface area contributed by atoms with Crippen molar-refractivity contribution < 1.29 is 8.42 Å². The van der Waals surface area contributed by atoms with Crippen molar-refractivity contribution in [3.8, 4) is 0 Å². The van der Waals surface area contributed by atoms with Gasteiger partial charge in [0, 0.05) is 5.75 Å². The molecule has 0 radical (unpaired) electrons. The zero-order valence-electron chi connectivity index (χ0n) is 7.73. The first-order chi connectivity index (χ1) is 6.14. The van der Waals surface area contributed by atoms with Gasteiger partial charge in [0.25, 0.3) is 0 Å².